The summed E-state index contributed by atoms with van der Waals surface area (Å²) in [6.45, 7) is 1.93. The summed E-state index contributed by atoms with van der Waals surface area (Å²) in [5, 5.41) is 0. The van der Waals surface area contributed by atoms with Gasteiger partial charge in [-0.2, -0.15) is 0 Å². The molecule has 1 heterocycles. The number of benzene rings is 4. The number of Topliss-reactive ketones (excluding diaryl/α,β-unsaturated/α-hetero) is 2. The lowest BCUT2D eigenvalue weighted by atomic mass is 9.68. The van der Waals surface area contributed by atoms with Gasteiger partial charge < -0.3 is 0 Å². The molecule has 3 heteroatoms. The van der Waals surface area contributed by atoms with Gasteiger partial charge in [-0.3, -0.25) is 14.5 Å². The first-order chi connectivity index (χ1) is 17.2. The van der Waals surface area contributed by atoms with Crippen molar-refractivity contribution in [3.63, 3.8) is 0 Å². The SMILES string of the molecule is O=C(c1ccccc1)[C@@H]1CN(Cc2ccccc2)C[C@@H](C(=O)c2ccccc2)C1c1ccccc1. The van der Waals surface area contributed by atoms with Crippen LogP contribution in [0.3, 0.4) is 0 Å². The highest BCUT2D eigenvalue weighted by molar-refractivity contribution is 6.02. The molecule has 0 N–H and O–H groups in total. The average Bonchev–Trinajstić information content (AvgIpc) is 2.94. The molecule has 1 aliphatic heterocycles. The number of carbonyl (C=O) groups excluding carboxylic acids is 2. The van der Waals surface area contributed by atoms with Gasteiger partial charge in [0.05, 0.1) is 0 Å². The van der Waals surface area contributed by atoms with Crippen LogP contribution in [0.4, 0.5) is 0 Å². The van der Waals surface area contributed by atoms with E-state index in [1.807, 2.05) is 97.1 Å². The van der Waals surface area contributed by atoms with Gasteiger partial charge in [-0.1, -0.05) is 121 Å². The molecule has 1 saturated heterocycles. The number of carbonyl (C=O) groups is 2. The Morgan fingerprint density at radius 3 is 1.43 bits per heavy atom. The van der Waals surface area contributed by atoms with E-state index < -0.39 is 0 Å². The third-order valence-corrected chi connectivity index (χ3v) is 7.00. The van der Waals surface area contributed by atoms with Crippen molar-refractivity contribution < 1.29 is 9.59 Å². The molecule has 0 spiro atoms. The van der Waals surface area contributed by atoms with Crippen molar-refractivity contribution in [1.82, 2.24) is 4.90 Å². The third-order valence-electron chi connectivity index (χ3n) is 7.00. The van der Waals surface area contributed by atoms with Crippen molar-refractivity contribution in [3.05, 3.63) is 144 Å². The fourth-order valence-corrected chi connectivity index (χ4v) is 5.37. The molecule has 0 amide bonds. The molecule has 0 radical (unpaired) electrons. The zero-order valence-corrected chi connectivity index (χ0v) is 19.7. The minimum Gasteiger partial charge on any atom is -0.298 e. The third kappa shape index (κ3) is 5.16. The highest BCUT2D eigenvalue weighted by Gasteiger charge is 2.44. The van der Waals surface area contributed by atoms with Gasteiger partial charge >= 0.3 is 0 Å². The van der Waals surface area contributed by atoms with Crippen LogP contribution in [-0.4, -0.2) is 29.6 Å². The molecule has 1 fully saturated rings. The minimum atomic E-state index is -0.324. The molecular formula is C32H29NO2. The Balaban J connectivity index is 1.57. The van der Waals surface area contributed by atoms with Crippen LogP contribution in [0.15, 0.2) is 121 Å². The van der Waals surface area contributed by atoms with Crippen LogP contribution in [0.5, 0.6) is 0 Å². The number of nitrogens with zero attached hydrogens (tertiary/aromatic N) is 1. The van der Waals surface area contributed by atoms with Gasteiger partial charge in [-0.25, -0.2) is 0 Å². The van der Waals surface area contributed by atoms with Crippen molar-refractivity contribution in [1.29, 1.82) is 0 Å². The molecule has 35 heavy (non-hydrogen) atoms. The summed E-state index contributed by atoms with van der Waals surface area (Å²) in [6, 6.07) is 39.4. The van der Waals surface area contributed by atoms with Crippen LogP contribution in [-0.2, 0) is 6.54 Å². The second-order valence-electron chi connectivity index (χ2n) is 9.29. The van der Waals surface area contributed by atoms with Crippen LogP contribution in [0.25, 0.3) is 0 Å². The molecule has 0 aromatic heterocycles. The fourth-order valence-electron chi connectivity index (χ4n) is 5.37. The van der Waals surface area contributed by atoms with Gasteiger partial charge in [0, 0.05) is 48.5 Å². The van der Waals surface area contributed by atoms with E-state index in [4.69, 9.17) is 0 Å². The predicted octanol–water partition coefficient (Wildman–Crippen LogP) is 6.28. The molecule has 0 unspecified atom stereocenters. The van der Waals surface area contributed by atoms with E-state index in [0.29, 0.717) is 30.8 Å². The largest absolute Gasteiger partial charge is 0.298 e. The lowest BCUT2D eigenvalue weighted by Gasteiger charge is -2.43. The highest BCUT2D eigenvalue weighted by atomic mass is 16.1. The van der Waals surface area contributed by atoms with Crippen molar-refractivity contribution in [2.24, 2.45) is 11.8 Å². The maximum atomic E-state index is 13.9. The summed E-state index contributed by atoms with van der Waals surface area (Å²) < 4.78 is 0. The van der Waals surface area contributed by atoms with Crippen molar-refractivity contribution in [2.75, 3.05) is 13.1 Å². The second-order valence-corrected chi connectivity index (χ2v) is 9.29. The first-order valence-electron chi connectivity index (χ1n) is 12.2. The lowest BCUT2D eigenvalue weighted by Crippen LogP contribution is -2.50. The van der Waals surface area contributed by atoms with E-state index in [2.05, 4.69) is 29.2 Å². The summed E-state index contributed by atoms with van der Waals surface area (Å²) in [4.78, 5) is 30.2. The molecule has 174 valence electrons. The van der Waals surface area contributed by atoms with Crippen molar-refractivity contribution >= 4 is 11.6 Å². The number of hydrogen-bond acceptors (Lipinski definition) is 3. The number of hydrogen-bond donors (Lipinski definition) is 0. The summed E-state index contributed by atoms with van der Waals surface area (Å²) in [6.07, 6.45) is 0. The van der Waals surface area contributed by atoms with Crippen LogP contribution >= 0.6 is 0 Å². The zero-order chi connectivity index (χ0) is 24.0. The Hall–Kier alpha value is -3.82. The zero-order valence-electron chi connectivity index (χ0n) is 19.7. The Labute approximate surface area is 207 Å². The molecule has 0 saturated carbocycles. The molecule has 4 aromatic carbocycles. The van der Waals surface area contributed by atoms with Gasteiger partial charge in [0.2, 0.25) is 0 Å². The van der Waals surface area contributed by atoms with Gasteiger partial charge in [0.25, 0.3) is 0 Å². The number of rotatable bonds is 7. The number of piperidine rings is 1. The standard InChI is InChI=1S/C32H29NO2/c34-31(26-17-9-3-10-18-26)28-22-33(21-24-13-5-1-6-14-24)23-29(30(28)25-15-7-2-8-16-25)32(35)27-19-11-4-12-20-27/h1-20,28-30H,21-23H2/t28-,29-/m1/s1. The highest BCUT2D eigenvalue weighted by Crippen LogP contribution is 2.41. The summed E-state index contributed by atoms with van der Waals surface area (Å²) >= 11 is 0. The Kier molecular flexibility index (Phi) is 6.97. The van der Waals surface area contributed by atoms with Crippen molar-refractivity contribution in [2.45, 2.75) is 12.5 Å². The van der Waals surface area contributed by atoms with Crippen LogP contribution < -0.4 is 0 Å². The molecule has 2 atom stereocenters. The smallest absolute Gasteiger partial charge is 0.167 e. The molecule has 0 aliphatic carbocycles. The number of likely N-dealkylation sites (tertiary alicyclic amines) is 1. The average molecular weight is 460 g/mol. The van der Waals surface area contributed by atoms with Crippen LogP contribution in [0, 0.1) is 11.8 Å². The van der Waals surface area contributed by atoms with Crippen LogP contribution in [0.1, 0.15) is 37.8 Å². The molecule has 0 bridgehead atoms. The van der Waals surface area contributed by atoms with Gasteiger partial charge in [0.1, 0.15) is 0 Å². The topological polar surface area (TPSA) is 37.4 Å². The molecule has 4 aromatic rings. The quantitative estimate of drug-likeness (QED) is 0.305. The van der Waals surface area contributed by atoms with Crippen molar-refractivity contribution in [3.8, 4) is 0 Å². The first-order valence-corrected chi connectivity index (χ1v) is 12.2. The predicted molar refractivity (Wildman–Crippen MR) is 139 cm³/mol. The molecular weight excluding hydrogens is 430 g/mol. The summed E-state index contributed by atoms with van der Waals surface area (Å²) in [5.74, 6) is -0.639. The van der Waals surface area contributed by atoms with E-state index in [-0.39, 0.29) is 29.3 Å². The van der Waals surface area contributed by atoms with E-state index in [9.17, 15) is 9.59 Å². The Bertz CT molecular complexity index is 1190. The van der Waals surface area contributed by atoms with E-state index in [1.165, 1.54) is 5.56 Å². The maximum Gasteiger partial charge on any atom is 0.167 e. The second kappa shape index (κ2) is 10.6. The van der Waals surface area contributed by atoms with E-state index in [1.54, 1.807) is 0 Å². The van der Waals surface area contributed by atoms with Crippen LogP contribution in [0.2, 0.25) is 0 Å². The minimum absolute atomic E-state index is 0.100. The van der Waals surface area contributed by atoms with E-state index in [0.717, 1.165) is 5.56 Å². The molecule has 5 rings (SSSR count). The summed E-state index contributed by atoms with van der Waals surface area (Å²) in [5.41, 5.74) is 3.63. The lowest BCUT2D eigenvalue weighted by molar-refractivity contribution is 0.0555. The van der Waals surface area contributed by atoms with Gasteiger partial charge in [0.15, 0.2) is 11.6 Å². The van der Waals surface area contributed by atoms with Gasteiger partial charge in [-0.05, 0) is 11.1 Å². The molecule has 1 aliphatic rings. The maximum absolute atomic E-state index is 13.9. The van der Waals surface area contributed by atoms with E-state index >= 15 is 0 Å². The Morgan fingerprint density at radius 2 is 0.971 bits per heavy atom. The Morgan fingerprint density at radius 1 is 0.571 bits per heavy atom. The number of ketones is 2. The molecule has 3 nitrogen and oxygen atoms in total. The summed E-state index contributed by atoms with van der Waals surface area (Å²) in [7, 11) is 0. The first kappa shape index (κ1) is 22.9. The van der Waals surface area contributed by atoms with Gasteiger partial charge in [-0.15, -0.1) is 0 Å². The fraction of sp³-hybridized carbons (Fsp3) is 0.188. The normalized spacial score (nSPS) is 18.7. The monoisotopic (exact) mass is 459 g/mol.